The standard InChI is InChI=1S/C16H15BrClN3O2/c1-21-14-12(15(22)20-16(21)23)7-4-10(13(17)19-14)8-9-2-5-11(18)6-3-9/h2-3,5-6,10H,4,7-8H2,1H3,(H,20,22,23). The van der Waals surface area contributed by atoms with Gasteiger partial charge in [0.15, 0.2) is 0 Å². The zero-order chi connectivity index (χ0) is 16.6. The molecule has 0 saturated heterocycles. The highest BCUT2D eigenvalue weighted by Crippen LogP contribution is 2.28. The average Bonchev–Trinajstić information content (AvgIpc) is 2.68. The molecule has 0 fully saturated rings. The van der Waals surface area contributed by atoms with Crippen molar-refractivity contribution in [1.29, 1.82) is 0 Å². The average molecular weight is 397 g/mol. The van der Waals surface area contributed by atoms with Crippen molar-refractivity contribution in [3.05, 3.63) is 61.3 Å². The molecule has 1 atom stereocenters. The van der Waals surface area contributed by atoms with Crippen molar-refractivity contribution >= 4 is 38.0 Å². The minimum atomic E-state index is -0.450. The van der Waals surface area contributed by atoms with E-state index >= 15 is 0 Å². The van der Waals surface area contributed by atoms with Crippen LogP contribution in [0.3, 0.4) is 0 Å². The van der Waals surface area contributed by atoms with E-state index in [2.05, 4.69) is 25.9 Å². The molecule has 3 rings (SSSR count). The van der Waals surface area contributed by atoms with Gasteiger partial charge in [-0.3, -0.25) is 14.3 Å². The molecule has 1 aliphatic rings. The van der Waals surface area contributed by atoms with E-state index in [9.17, 15) is 9.59 Å². The van der Waals surface area contributed by atoms with Crippen LogP contribution in [0.15, 0.2) is 38.8 Å². The summed E-state index contributed by atoms with van der Waals surface area (Å²) in [6.07, 6.45) is 2.15. The lowest BCUT2D eigenvalue weighted by Crippen LogP contribution is -2.30. The van der Waals surface area contributed by atoms with Gasteiger partial charge >= 0.3 is 5.69 Å². The second kappa shape index (κ2) is 6.45. The van der Waals surface area contributed by atoms with Gasteiger partial charge in [-0.15, -0.1) is 0 Å². The number of fused-ring (bicyclic) bond motifs is 1. The van der Waals surface area contributed by atoms with Crippen molar-refractivity contribution < 1.29 is 0 Å². The molecular weight excluding hydrogens is 382 g/mol. The predicted octanol–water partition coefficient (Wildman–Crippen LogP) is 2.96. The molecule has 0 amide bonds. The SMILES string of the molecule is Cn1c2c(c(=O)[nH]c1=O)CCC(Cc1ccc(Cl)cc1)C(Br)=N2. The molecular formula is C16H15BrClN3O2. The fourth-order valence-electron chi connectivity index (χ4n) is 2.75. The molecule has 1 aromatic heterocycles. The number of nitrogens with zero attached hydrogens (tertiary/aromatic N) is 2. The molecule has 0 radical (unpaired) electrons. The minimum absolute atomic E-state index is 0.151. The van der Waals surface area contributed by atoms with Crippen LogP contribution < -0.4 is 11.2 Å². The van der Waals surface area contributed by atoms with Crippen LogP contribution in [0.25, 0.3) is 0 Å². The number of H-pyrrole nitrogens is 1. The van der Waals surface area contributed by atoms with Crippen molar-refractivity contribution in [3.8, 4) is 0 Å². The zero-order valence-electron chi connectivity index (χ0n) is 12.5. The third-order valence-electron chi connectivity index (χ3n) is 4.07. The summed E-state index contributed by atoms with van der Waals surface area (Å²) in [4.78, 5) is 30.6. The van der Waals surface area contributed by atoms with E-state index in [0.29, 0.717) is 22.8 Å². The first-order chi connectivity index (χ1) is 11.0. The Kier molecular flexibility index (Phi) is 4.55. The topological polar surface area (TPSA) is 67.2 Å². The molecule has 1 unspecified atom stereocenters. The number of nitrogens with one attached hydrogen (secondary N) is 1. The number of hydrogen-bond acceptors (Lipinski definition) is 3. The lowest BCUT2D eigenvalue weighted by Gasteiger charge is -2.13. The molecule has 120 valence electrons. The zero-order valence-corrected chi connectivity index (χ0v) is 14.8. The van der Waals surface area contributed by atoms with E-state index in [-0.39, 0.29) is 11.5 Å². The maximum atomic E-state index is 12.0. The Morgan fingerprint density at radius 1 is 1.35 bits per heavy atom. The first-order valence-corrected chi connectivity index (χ1v) is 8.43. The smallest absolute Gasteiger partial charge is 0.281 e. The maximum Gasteiger partial charge on any atom is 0.329 e. The molecule has 2 aromatic rings. The number of rotatable bonds is 2. The summed E-state index contributed by atoms with van der Waals surface area (Å²) in [6, 6.07) is 7.70. The van der Waals surface area contributed by atoms with E-state index in [1.807, 2.05) is 24.3 Å². The number of aromatic amines is 1. The fraction of sp³-hybridized carbons (Fsp3) is 0.312. The summed E-state index contributed by atoms with van der Waals surface area (Å²) < 4.78 is 2.13. The van der Waals surface area contributed by atoms with Crippen LogP contribution in [0, 0.1) is 5.92 Å². The summed E-state index contributed by atoms with van der Waals surface area (Å²) in [5, 5.41) is 0.705. The van der Waals surface area contributed by atoms with Gasteiger partial charge in [0.2, 0.25) is 0 Å². The molecule has 0 bridgehead atoms. The van der Waals surface area contributed by atoms with Crippen LogP contribution in [0.5, 0.6) is 0 Å². The van der Waals surface area contributed by atoms with Crippen LogP contribution in [0.2, 0.25) is 5.02 Å². The third-order valence-corrected chi connectivity index (χ3v) is 5.15. The summed E-state index contributed by atoms with van der Waals surface area (Å²) in [6.45, 7) is 0. The third kappa shape index (κ3) is 3.33. The second-order valence-electron chi connectivity index (χ2n) is 5.62. The van der Waals surface area contributed by atoms with Crippen molar-refractivity contribution in [2.24, 2.45) is 18.0 Å². The summed E-state index contributed by atoms with van der Waals surface area (Å²) >= 11 is 9.44. The lowest BCUT2D eigenvalue weighted by molar-refractivity contribution is 0.631. The minimum Gasteiger partial charge on any atom is -0.281 e. The van der Waals surface area contributed by atoms with Crippen molar-refractivity contribution in [2.45, 2.75) is 19.3 Å². The van der Waals surface area contributed by atoms with Crippen molar-refractivity contribution in [3.63, 3.8) is 0 Å². The maximum absolute atomic E-state index is 12.0. The lowest BCUT2D eigenvalue weighted by atomic mass is 9.95. The van der Waals surface area contributed by atoms with Crippen LogP contribution in [0.4, 0.5) is 5.82 Å². The first-order valence-electron chi connectivity index (χ1n) is 7.26. The summed E-state index contributed by atoms with van der Waals surface area (Å²) in [7, 11) is 1.61. The van der Waals surface area contributed by atoms with E-state index in [1.54, 1.807) is 7.05 Å². The number of benzene rings is 1. The van der Waals surface area contributed by atoms with Gasteiger partial charge < -0.3 is 0 Å². The quantitative estimate of drug-likeness (QED) is 0.848. The summed E-state index contributed by atoms with van der Waals surface area (Å²) in [5.41, 5.74) is 0.913. The van der Waals surface area contributed by atoms with Crippen LogP contribution in [-0.4, -0.2) is 14.2 Å². The van der Waals surface area contributed by atoms with Gasteiger partial charge in [0, 0.05) is 18.0 Å². The molecule has 1 N–H and O–H groups in total. The first kappa shape index (κ1) is 16.2. The molecule has 1 aromatic carbocycles. The van der Waals surface area contributed by atoms with Crippen molar-refractivity contribution in [1.82, 2.24) is 9.55 Å². The highest BCUT2D eigenvalue weighted by molar-refractivity contribution is 9.18. The highest BCUT2D eigenvalue weighted by atomic mass is 79.9. The molecule has 0 saturated carbocycles. The van der Waals surface area contributed by atoms with Gasteiger partial charge in [0.25, 0.3) is 5.56 Å². The largest absolute Gasteiger partial charge is 0.329 e. The van der Waals surface area contributed by atoms with Crippen LogP contribution in [-0.2, 0) is 19.9 Å². The number of aromatic nitrogens is 2. The van der Waals surface area contributed by atoms with Gasteiger partial charge in [-0.1, -0.05) is 23.7 Å². The number of halogens is 2. The van der Waals surface area contributed by atoms with E-state index in [0.717, 1.165) is 23.0 Å². The summed E-state index contributed by atoms with van der Waals surface area (Å²) in [5.74, 6) is 0.585. The Hall–Kier alpha value is -1.66. The van der Waals surface area contributed by atoms with Crippen LogP contribution in [0.1, 0.15) is 17.5 Å². The van der Waals surface area contributed by atoms with Gasteiger partial charge in [-0.2, -0.15) is 0 Å². The van der Waals surface area contributed by atoms with Crippen molar-refractivity contribution in [2.75, 3.05) is 0 Å². The van der Waals surface area contributed by atoms with Crippen LogP contribution >= 0.6 is 27.5 Å². The van der Waals surface area contributed by atoms with Gasteiger partial charge in [-0.05, 0) is 52.9 Å². The Morgan fingerprint density at radius 3 is 2.74 bits per heavy atom. The molecule has 1 aliphatic heterocycles. The second-order valence-corrected chi connectivity index (χ2v) is 6.87. The molecule has 0 aliphatic carbocycles. The Balaban J connectivity index is 1.95. The molecule has 7 heteroatoms. The van der Waals surface area contributed by atoms with Gasteiger partial charge in [0.05, 0.1) is 10.2 Å². The fourth-order valence-corrected chi connectivity index (χ4v) is 3.43. The van der Waals surface area contributed by atoms with Gasteiger partial charge in [0.1, 0.15) is 5.82 Å². The molecule has 23 heavy (non-hydrogen) atoms. The highest BCUT2D eigenvalue weighted by Gasteiger charge is 2.23. The molecule has 2 heterocycles. The molecule has 5 nitrogen and oxygen atoms in total. The number of aliphatic imine (C=N–C) groups is 1. The predicted molar refractivity (Wildman–Crippen MR) is 95.3 cm³/mol. The van der Waals surface area contributed by atoms with E-state index in [1.165, 1.54) is 4.57 Å². The molecule has 0 spiro atoms. The van der Waals surface area contributed by atoms with E-state index < -0.39 is 5.69 Å². The Labute approximate surface area is 146 Å². The monoisotopic (exact) mass is 395 g/mol. The number of hydrogen-bond donors (Lipinski definition) is 1. The normalized spacial score (nSPS) is 17.3. The van der Waals surface area contributed by atoms with E-state index in [4.69, 9.17) is 11.6 Å². The van der Waals surface area contributed by atoms with Gasteiger partial charge in [-0.25, -0.2) is 9.79 Å². The Morgan fingerprint density at radius 2 is 2.04 bits per heavy atom. The Bertz CT molecular complexity index is 884.